The zero-order valence-corrected chi connectivity index (χ0v) is 10.1. The smallest absolute Gasteiger partial charge is 0.0500 e. The summed E-state index contributed by atoms with van der Waals surface area (Å²) in [5.41, 5.74) is 6.82. The van der Waals surface area contributed by atoms with E-state index in [9.17, 15) is 5.11 Å². The van der Waals surface area contributed by atoms with Gasteiger partial charge in [0.05, 0.1) is 0 Å². The molecule has 0 fully saturated rings. The van der Waals surface area contributed by atoms with Crippen LogP contribution >= 0.6 is 15.9 Å². The van der Waals surface area contributed by atoms with Crippen LogP contribution < -0.4 is 5.73 Å². The molecule has 0 saturated heterocycles. The second-order valence-electron chi connectivity index (χ2n) is 4.18. The van der Waals surface area contributed by atoms with Crippen molar-refractivity contribution in [1.29, 1.82) is 0 Å². The highest BCUT2D eigenvalue weighted by Crippen LogP contribution is 2.30. The monoisotopic (exact) mass is 257 g/mol. The van der Waals surface area contributed by atoms with E-state index in [1.54, 1.807) is 0 Å². The minimum absolute atomic E-state index is 0.0875. The first-order chi connectivity index (χ1) is 6.47. The first-order valence-corrected chi connectivity index (χ1v) is 5.38. The minimum Gasteiger partial charge on any atom is -0.396 e. The summed E-state index contributed by atoms with van der Waals surface area (Å²) in [7, 11) is 0. The van der Waals surface area contributed by atoms with Gasteiger partial charge in [0.2, 0.25) is 0 Å². The molecule has 0 amide bonds. The summed E-state index contributed by atoms with van der Waals surface area (Å²) in [4.78, 5) is 0. The Morgan fingerprint density at radius 2 is 1.86 bits per heavy atom. The molecule has 0 radical (unpaired) electrons. The lowest BCUT2D eigenvalue weighted by atomic mass is 9.82. The topological polar surface area (TPSA) is 46.2 Å². The summed E-state index contributed by atoms with van der Waals surface area (Å²) in [5, 5.41) is 9.19. The molecule has 3 N–H and O–H groups in total. The lowest BCUT2D eigenvalue weighted by molar-refractivity contribution is 0.132. The van der Waals surface area contributed by atoms with Gasteiger partial charge in [-0.05, 0) is 17.7 Å². The molecular formula is C11H16BrNO. The third-order valence-corrected chi connectivity index (χ3v) is 3.01. The van der Waals surface area contributed by atoms with Crippen LogP contribution in [0.3, 0.4) is 0 Å². The van der Waals surface area contributed by atoms with E-state index in [4.69, 9.17) is 5.73 Å². The van der Waals surface area contributed by atoms with Crippen LogP contribution in [0.15, 0.2) is 28.7 Å². The molecule has 1 aromatic carbocycles. The van der Waals surface area contributed by atoms with Gasteiger partial charge < -0.3 is 10.8 Å². The maximum absolute atomic E-state index is 9.19. The van der Waals surface area contributed by atoms with Crippen LogP contribution in [-0.2, 0) is 0 Å². The van der Waals surface area contributed by atoms with E-state index in [0.29, 0.717) is 0 Å². The molecule has 0 saturated carbocycles. The van der Waals surface area contributed by atoms with Gasteiger partial charge in [-0.15, -0.1) is 0 Å². The second-order valence-corrected chi connectivity index (χ2v) is 5.09. The average molecular weight is 258 g/mol. The van der Waals surface area contributed by atoms with Crippen molar-refractivity contribution >= 4 is 15.9 Å². The minimum atomic E-state index is -0.284. The largest absolute Gasteiger partial charge is 0.396 e. The van der Waals surface area contributed by atoms with Crippen LogP contribution in [0.4, 0.5) is 0 Å². The summed E-state index contributed by atoms with van der Waals surface area (Å²) >= 11 is 3.37. The fourth-order valence-electron chi connectivity index (χ4n) is 1.22. The number of hydrogen-bond donors (Lipinski definition) is 2. The Labute approximate surface area is 93.3 Å². The lowest BCUT2D eigenvalue weighted by Gasteiger charge is -2.29. The molecule has 3 heteroatoms. The van der Waals surface area contributed by atoms with Crippen LogP contribution in [0.1, 0.15) is 25.5 Å². The van der Waals surface area contributed by atoms with Crippen LogP contribution in [0, 0.1) is 5.41 Å². The zero-order valence-electron chi connectivity index (χ0n) is 8.50. The van der Waals surface area contributed by atoms with Crippen molar-refractivity contribution in [2.24, 2.45) is 11.1 Å². The summed E-state index contributed by atoms with van der Waals surface area (Å²) in [6, 6.07) is 7.74. The fraction of sp³-hybridized carbons (Fsp3) is 0.455. The summed E-state index contributed by atoms with van der Waals surface area (Å²) in [5.74, 6) is 0. The molecule has 0 bridgehead atoms. The molecule has 0 unspecified atom stereocenters. The first kappa shape index (κ1) is 11.7. The summed E-state index contributed by atoms with van der Waals surface area (Å²) in [6.45, 7) is 4.00. The van der Waals surface area contributed by atoms with E-state index in [0.717, 1.165) is 10.0 Å². The predicted octanol–water partition coefficient (Wildman–Crippen LogP) is 2.47. The van der Waals surface area contributed by atoms with Gasteiger partial charge in [0, 0.05) is 22.5 Å². The number of aliphatic hydroxyl groups excluding tert-OH is 1. The molecule has 1 rings (SSSR count). The summed E-state index contributed by atoms with van der Waals surface area (Å²) < 4.78 is 1.04. The maximum atomic E-state index is 9.19. The van der Waals surface area contributed by atoms with Gasteiger partial charge in [0.15, 0.2) is 0 Å². The molecular weight excluding hydrogens is 242 g/mol. The van der Waals surface area contributed by atoms with E-state index in [1.165, 1.54) is 0 Å². The number of aliphatic hydroxyl groups is 1. The Bertz CT molecular complexity index is 295. The van der Waals surface area contributed by atoms with E-state index in [-0.39, 0.29) is 18.1 Å². The van der Waals surface area contributed by atoms with Crippen LogP contribution in [0.2, 0.25) is 0 Å². The highest BCUT2D eigenvalue weighted by atomic mass is 79.9. The molecule has 1 atom stereocenters. The van der Waals surface area contributed by atoms with Gasteiger partial charge in [0.25, 0.3) is 0 Å². The van der Waals surface area contributed by atoms with E-state index in [2.05, 4.69) is 15.9 Å². The van der Waals surface area contributed by atoms with Crippen molar-refractivity contribution in [3.63, 3.8) is 0 Å². The number of rotatable bonds is 3. The molecule has 0 aromatic heterocycles. The van der Waals surface area contributed by atoms with Crippen molar-refractivity contribution in [3.8, 4) is 0 Å². The van der Waals surface area contributed by atoms with Crippen LogP contribution in [0.25, 0.3) is 0 Å². The number of hydrogen-bond acceptors (Lipinski definition) is 2. The SMILES string of the molecule is CC(C)(CO)[C@H](N)c1ccc(Br)cc1. The molecule has 78 valence electrons. The molecule has 0 aliphatic heterocycles. The molecule has 2 nitrogen and oxygen atoms in total. The van der Waals surface area contributed by atoms with Gasteiger partial charge >= 0.3 is 0 Å². The Balaban J connectivity index is 2.89. The van der Waals surface area contributed by atoms with Gasteiger partial charge in [-0.25, -0.2) is 0 Å². The maximum Gasteiger partial charge on any atom is 0.0500 e. The van der Waals surface area contributed by atoms with Crippen molar-refractivity contribution in [2.45, 2.75) is 19.9 Å². The Hall–Kier alpha value is -0.380. The highest BCUT2D eigenvalue weighted by Gasteiger charge is 2.26. The van der Waals surface area contributed by atoms with Gasteiger partial charge in [0.1, 0.15) is 0 Å². The predicted molar refractivity (Wildman–Crippen MR) is 61.9 cm³/mol. The Kier molecular flexibility index (Phi) is 3.70. The standard InChI is InChI=1S/C11H16BrNO/c1-11(2,7-14)10(13)8-3-5-9(12)6-4-8/h3-6,10,14H,7,13H2,1-2H3/t10-/m1/s1. The highest BCUT2D eigenvalue weighted by molar-refractivity contribution is 9.10. The van der Waals surface area contributed by atoms with Crippen molar-refractivity contribution < 1.29 is 5.11 Å². The van der Waals surface area contributed by atoms with Gasteiger partial charge in [-0.1, -0.05) is 41.9 Å². The second kappa shape index (κ2) is 4.43. The van der Waals surface area contributed by atoms with Crippen molar-refractivity contribution in [1.82, 2.24) is 0 Å². The van der Waals surface area contributed by atoms with E-state index in [1.807, 2.05) is 38.1 Å². The molecule has 0 aliphatic rings. The molecule has 0 heterocycles. The zero-order chi connectivity index (χ0) is 10.8. The number of nitrogens with two attached hydrogens (primary N) is 1. The van der Waals surface area contributed by atoms with E-state index < -0.39 is 0 Å². The third kappa shape index (κ3) is 2.56. The Morgan fingerprint density at radius 3 is 2.29 bits per heavy atom. The van der Waals surface area contributed by atoms with Gasteiger partial charge in [-0.3, -0.25) is 0 Å². The van der Waals surface area contributed by atoms with Gasteiger partial charge in [-0.2, -0.15) is 0 Å². The molecule has 0 spiro atoms. The number of benzene rings is 1. The normalized spacial score (nSPS) is 14.1. The fourth-order valence-corrected chi connectivity index (χ4v) is 1.48. The average Bonchev–Trinajstić information content (AvgIpc) is 2.18. The first-order valence-electron chi connectivity index (χ1n) is 4.59. The summed E-state index contributed by atoms with van der Waals surface area (Å²) in [6.07, 6.45) is 0. The quantitative estimate of drug-likeness (QED) is 0.874. The molecule has 1 aromatic rings. The third-order valence-electron chi connectivity index (χ3n) is 2.48. The van der Waals surface area contributed by atoms with Crippen molar-refractivity contribution in [2.75, 3.05) is 6.61 Å². The van der Waals surface area contributed by atoms with Crippen LogP contribution in [0.5, 0.6) is 0 Å². The number of halogens is 1. The van der Waals surface area contributed by atoms with E-state index >= 15 is 0 Å². The Morgan fingerprint density at radius 1 is 1.36 bits per heavy atom. The lowest BCUT2D eigenvalue weighted by Crippen LogP contribution is -2.32. The molecule has 0 aliphatic carbocycles. The molecule has 14 heavy (non-hydrogen) atoms. The van der Waals surface area contributed by atoms with Crippen molar-refractivity contribution in [3.05, 3.63) is 34.3 Å². The van der Waals surface area contributed by atoms with Crippen LogP contribution in [-0.4, -0.2) is 11.7 Å².